The Morgan fingerprint density at radius 3 is 2.51 bits per heavy atom. The van der Waals surface area contributed by atoms with Crippen LogP contribution in [0.5, 0.6) is 5.75 Å². The molecule has 0 radical (unpaired) electrons. The minimum absolute atomic E-state index is 0.0954. The number of fused-ring (bicyclic) bond motifs is 1. The van der Waals surface area contributed by atoms with Gasteiger partial charge in [0.05, 0.1) is 28.5 Å². The zero-order chi connectivity index (χ0) is 25.1. The van der Waals surface area contributed by atoms with Gasteiger partial charge in [-0.15, -0.1) is 0 Å². The zero-order valence-corrected chi connectivity index (χ0v) is 21.3. The Morgan fingerprint density at radius 1 is 1.17 bits per heavy atom. The molecule has 35 heavy (non-hydrogen) atoms. The van der Waals surface area contributed by atoms with Crippen LogP contribution in [-0.2, 0) is 9.53 Å². The maximum Gasteiger partial charge on any atom is 0.338 e. The van der Waals surface area contributed by atoms with Crippen LogP contribution >= 0.6 is 11.3 Å². The predicted molar refractivity (Wildman–Crippen MR) is 138 cm³/mol. The molecule has 2 aromatic carbocycles. The Balaban J connectivity index is 1.99. The number of phenols is 1. The van der Waals surface area contributed by atoms with Crippen LogP contribution in [0.15, 0.2) is 69.6 Å². The van der Waals surface area contributed by atoms with E-state index in [2.05, 4.69) is 13.8 Å². The number of benzene rings is 2. The first-order valence-corrected chi connectivity index (χ1v) is 12.8. The van der Waals surface area contributed by atoms with Gasteiger partial charge >= 0.3 is 5.97 Å². The molecule has 0 bridgehead atoms. The van der Waals surface area contributed by atoms with Gasteiger partial charge in [-0.2, -0.15) is 0 Å². The lowest BCUT2D eigenvalue weighted by atomic mass is 9.92. The number of phenolic OH excluding ortho intramolecular Hbond substituents is 1. The molecule has 6 nitrogen and oxygen atoms in total. The summed E-state index contributed by atoms with van der Waals surface area (Å²) in [5, 5.41) is 10.2. The van der Waals surface area contributed by atoms with Crippen LogP contribution in [0.25, 0.3) is 6.08 Å². The van der Waals surface area contributed by atoms with Crippen molar-refractivity contribution in [3.05, 3.63) is 96.2 Å². The van der Waals surface area contributed by atoms with Crippen LogP contribution in [0.3, 0.4) is 0 Å². The van der Waals surface area contributed by atoms with Gasteiger partial charge in [-0.05, 0) is 42.5 Å². The number of aromatic hydroxyl groups is 1. The van der Waals surface area contributed by atoms with Crippen LogP contribution in [0.2, 0.25) is 0 Å². The number of hydrogen-bond acceptors (Lipinski definition) is 6. The number of para-hydroxylation sites is 1. The van der Waals surface area contributed by atoms with Gasteiger partial charge in [0.2, 0.25) is 0 Å². The summed E-state index contributed by atoms with van der Waals surface area (Å²) in [4.78, 5) is 32.2. The second-order valence-electron chi connectivity index (χ2n) is 8.79. The Morgan fingerprint density at radius 2 is 1.89 bits per heavy atom. The van der Waals surface area contributed by atoms with Crippen molar-refractivity contribution in [2.24, 2.45) is 4.99 Å². The molecular formula is C28H30N2O4S. The summed E-state index contributed by atoms with van der Waals surface area (Å²) in [6.07, 6.45) is 3.07. The highest BCUT2D eigenvalue weighted by Crippen LogP contribution is 2.33. The fourth-order valence-electron chi connectivity index (χ4n) is 4.25. The summed E-state index contributed by atoms with van der Waals surface area (Å²) in [6.45, 7) is 8.29. The third kappa shape index (κ3) is 4.86. The maximum absolute atomic E-state index is 13.7. The Kier molecular flexibility index (Phi) is 7.36. The van der Waals surface area contributed by atoms with E-state index in [-0.39, 0.29) is 17.9 Å². The zero-order valence-electron chi connectivity index (χ0n) is 20.4. The van der Waals surface area contributed by atoms with Crippen molar-refractivity contribution in [1.82, 2.24) is 4.57 Å². The first-order valence-electron chi connectivity index (χ1n) is 12.0. The van der Waals surface area contributed by atoms with E-state index in [1.807, 2.05) is 31.2 Å². The molecular weight excluding hydrogens is 460 g/mol. The van der Waals surface area contributed by atoms with E-state index in [1.54, 1.807) is 41.8 Å². The number of thiazole rings is 1. The van der Waals surface area contributed by atoms with Crippen molar-refractivity contribution in [3.63, 3.8) is 0 Å². The molecule has 3 aromatic rings. The number of ether oxygens (including phenoxy) is 1. The normalized spacial score (nSPS) is 15.8. The number of esters is 1. The summed E-state index contributed by atoms with van der Waals surface area (Å²) >= 11 is 1.26. The number of aromatic nitrogens is 1. The van der Waals surface area contributed by atoms with Gasteiger partial charge in [0, 0.05) is 5.56 Å². The molecule has 1 aromatic heterocycles. The molecule has 0 saturated heterocycles. The average Bonchev–Trinajstić information content (AvgIpc) is 3.14. The molecule has 1 aliphatic rings. The maximum atomic E-state index is 13.7. The Labute approximate surface area is 208 Å². The van der Waals surface area contributed by atoms with Crippen LogP contribution in [-0.4, -0.2) is 22.2 Å². The lowest BCUT2D eigenvalue weighted by molar-refractivity contribution is -0.139. The summed E-state index contributed by atoms with van der Waals surface area (Å²) in [5.41, 5.74) is 3.36. The van der Waals surface area contributed by atoms with Crippen LogP contribution in [0.1, 0.15) is 69.2 Å². The van der Waals surface area contributed by atoms with E-state index in [0.717, 1.165) is 12.0 Å². The minimum atomic E-state index is -0.639. The van der Waals surface area contributed by atoms with Crippen molar-refractivity contribution in [3.8, 4) is 5.75 Å². The average molecular weight is 491 g/mol. The number of nitrogens with zero attached hydrogens (tertiary/aromatic N) is 2. The molecule has 4 rings (SSSR count). The van der Waals surface area contributed by atoms with Crippen molar-refractivity contribution < 1.29 is 14.6 Å². The smallest absolute Gasteiger partial charge is 0.338 e. The van der Waals surface area contributed by atoms with Crippen molar-refractivity contribution >= 4 is 23.4 Å². The van der Waals surface area contributed by atoms with E-state index in [0.29, 0.717) is 38.5 Å². The molecule has 7 heteroatoms. The fraction of sp³-hybridized carbons (Fsp3) is 0.321. The van der Waals surface area contributed by atoms with E-state index >= 15 is 0 Å². The van der Waals surface area contributed by atoms with Gasteiger partial charge < -0.3 is 9.84 Å². The fourth-order valence-corrected chi connectivity index (χ4v) is 5.26. The van der Waals surface area contributed by atoms with Crippen LogP contribution in [0, 0.1) is 0 Å². The molecule has 182 valence electrons. The molecule has 1 N–H and O–H groups in total. The second-order valence-corrected chi connectivity index (χ2v) is 9.80. The first kappa shape index (κ1) is 24.7. The third-order valence-corrected chi connectivity index (χ3v) is 7.02. The second kappa shape index (κ2) is 10.4. The highest BCUT2D eigenvalue weighted by molar-refractivity contribution is 7.07. The highest BCUT2D eigenvalue weighted by Gasteiger charge is 2.34. The topological polar surface area (TPSA) is 80.9 Å². The molecule has 0 spiro atoms. The Hall–Kier alpha value is -3.45. The largest absolute Gasteiger partial charge is 0.507 e. The van der Waals surface area contributed by atoms with Crippen molar-refractivity contribution in [2.45, 2.75) is 52.5 Å². The number of hydrogen-bond donors (Lipinski definition) is 1. The summed E-state index contributed by atoms with van der Waals surface area (Å²) in [7, 11) is 0. The van der Waals surface area contributed by atoms with Crippen LogP contribution in [0.4, 0.5) is 0 Å². The lowest BCUT2D eigenvalue weighted by Gasteiger charge is -2.26. The van der Waals surface area contributed by atoms with Crippen molar-refractivity contribution in [2.75, 3.05) is 6.61 Å². The van der Waals surface area contributed by atoms with Gasteiger partial charge in [-0.25, -0.2) is 9.79 Å². The Bertz CT molecular complexity index is 1450. The third-order valence-electron chi connectivity index (χ3n) is 6.03. The number of carbonyl (C=O) groups excluding carboxylic acids is 1. The molecule has 0 fully saturated rings. The van der Waals surface area contributed by atoms with E-state index in [1.165, 1.54) is 16.9 Å². The van der Waals surface area contributed by atoms with Gasteiger partial charge in [0.25, 0.3) is 5.56 Å². The molecule has 0 amide bonds. The van der Waals surface area contributed by atoms with Gasteiger partial charge in [-0.1, -0.05) is 81.0 Å². The number of allylic oxidation sites excluding steroid dienone is 1. The SMILES string of the molecule is CCCC1=C(C(=O)OCC)[C@H](c2ccc(C(C)C)cc2)n2c(s/c(=C/c3ccccc3O)c2=O)=N1. The van der Waals surface area contributed by atoms with Gasteiger partial charge in [0.1, 0.15) is 5.75 Å². The monoisotopic (exact) mass is 490 g/mol. The summed E-state index contributed by atoms with van der Waals surface area (Å²) in [6, 6.07) is 14.3. The predicted octanol–water partition coefficient (Wildman–Crippen LogP) is 4.41. The molecule has 2 heterocycles. The summed E-state index contributed by atoms with van der Waals surface area (Å²) < 4.78 is 7.46. The first-order chi connectivity index (χ1) is 16.8. The number of rotatable bonds is 7. The number of carbonyl (C=O) groups is 1. The quantitative estimate of drug-likeness (QED) is 0.498. The van der Waals surface area contributed by atoms with E-state index in [4.69, 9.17) is 9.73 Å². The standard InChI is InChI=1S/C28H30N2O4S/c1-5-9-21-24(27(33)34-6-2)25(19-14-12-18(13-15-19)17(3)4)30-26(32)23(35-28(30)29-21)16-20-10-7-8-11-22(20)31/h7-8,10-17,25,31H,5-6,9H2,1-4H3/b23-16+/t25-/m0/s1. The van der Waals surface area contributed by atoms with Gasteiger partial charge in [0.15, 0.2) is 4.80 Å². The van der Waals surface area contributed by atoms with E-state index < -0.39 is 12.0 Å². The van der Waals surface area contributed by atoms with E-state index in [9.17, 15) is 14.7 Å². The van der Waals surface area contributed by atoms with Crippen LogP contribution < -0.4 is 14.9 Å². The van der Waals surface area contributed by atoms with Gasteiger partial charge in [-0.3, -0.25) is 9.36 Å². The molecule has 0 saturated carbocycles. The lowest BCUT2D eigenvalue weighted by Crippen LogP contribution is -2.40. The molecule has 0 aliphatic carbocycles. The molecule has 1 aliphatic heterocycles. The highest BCUT2D eigenvalue weighted by atomic mass is 32.1. The molecule has 1 atom stereocenters. The minimum Gasteiger partial charge on any atom is -0.507 e. The summed E-state index contributed by atoms with van der Waals surface area (Å²) in [5.74, 6) is 0.00553. The van der Waals surface area contributed by atoms with Crippen molar-refractivity contribution in [1.29, 1.82) is 0 Å². The molecule has 0 unspecified atom stereocenters.